The second-order valence-corrected chi connectivity index (χ2v) is 11.6. The summed E-state index contributed by atoms with van der Waals surface area (Å²) in [5.74, 6) is -0.247. The lowest BCUT2D eigenvalue weighted by Gasteiger charge is -2.20. The van der Waals surface area contributed by atoms with Gasteiger partial charge in [0.2, 0.25) is 0 Å². The Morgan fingerprint density at radius 2 is 2.03 bits per heavy atom. The number of allylic oxidation sites excluding steroid dienone is 2. The van der Waals surface area contributed by atoms with Gasteiger partial charge in [-0.2, -0.15) is 0 Å². The van der Waals surface area contributed by atoms with Gasteiger partial charge in [-0.05, 0) is 80.5 Å². The third-order valence-corrected chi connectivity index (χ3v) is 9.35. The highest BCUT2D eigenvalue weighted by Gasteiger charge is 2.42. The standard InChI is InChI=1S/C28H27N3O2S2/c1-15-26(34-16(2)29-15)21-12-9-18-13-19(10-11-20(18)30-21)25-24(17-7-5-4-6-8-17)27-22(31-25)14-23(35-27)28(32)33-3/h7,9-14,22,27,31H,4-6,8H2,1-3H3. The molecule has 2 aliphatic heterocycles. The average molecular weight is 502 g/mol. The maximum absolute atomic E-state index is 12.2. The van der Waals surface area contributed by atoms with Crippen molar-refractivity contribution in [1.82, 2.24) is 15.3 Å². The summed E-state index contributed by atoms with van der Waals surface area (Å²) in [5.41, 5.74) is 8.10. The van der Waals surface area contributed by atoms with E-state index in [1.807, 2.05) is 19.9 Å². The highest BCUT2D eigenvalue weighted by molar-refractivity contribution is 8.05. The van der Waals surface area contributed by atoms with Gasteiger partial charge in [0.05, 0.1) is 50.1 Å². The van der Waals surface area contributed by atoms with Crippen LogP contribution in [-0.4, -0.2) is 34.3 Å². The molecular formula is C28H27N3O2S2. The zero-order valence-electron chi connectivity index (χ0n) is 20.1. The second kappa shape index (κ2) is 8.95. The van der Waals surface area contributed by atoms with E-state index in [1.165, 1.54) is 42.4 Å². The number of nitrogens with zero attached hydrogens (tertiary/aromatic N) is 2. The number of ether oxygens (including phenoxy) is 1. The minimum absolute atomic E-state index is 0.0932. The van der Waals surface area contributed by atoms with Crippen LogP contribution < -0.4 is 5.32 Å². The van der Waals surface area contributed by atoms with E-state index >= 15 is 0 Å². The number of hydrogen-bond donors (Lipinski definition) is 1. The van der Waals surface area contributed by atoms with Crippen LogP contribution in [0.15, 0.2) is 58.5 Å². The third-order valence-electron chi connectivity index (χ3n) is 6.91. The van der Waals surface area contributed by atoms with Crippen molar-refractivity contribution in [3.05, 3.63) is 74.8 Å². The summed E-state index contributed by atoms with van der Waals surface area (Å²) in [6.45, 7) is 4.08. The van der Waals surface area contributed by atoms with Crippen LogP contribution in [0.1, 0.15) is 41.9 Å². The molecule has 35 heavy (non-hydrogen) atoms. The molecule has 0 fully saturated rings. The van der Waals surface area contributed by atoms with Gasteiger partial charge in [-0.3, -0.25) is 0 Å². The Balaban J connectivity index is 1.39. The van der Waals surface area contributed by atoms with Crippen LogP contribution in [0.4, 0.5) is 0 Å². The largest absolute Gasteiger partial charge is 0.465 e. The number of esters is 1. The topological polar surface area (TPSA) is 64.1 Å². The molecule has 7 heteroatoms. The molecule has 6 rings (SSSR count). The number of benzene rings is 1. The van der Waals surface area contributed by atoms with Crippen molar-refractivity contribution in [2.75, 3.05) is 7.11 Å². The molecule has 2 aromatic heterocycles. The van der Waals surface area contributed by atoms with E-state index in [9.17, 15) is 4.79 Å². The Hall–Kier alpha value is -2.90. The summed E-state index contributed by atoms with van der Waals surface area (Å²) in [6.07, 6.45) is 9.09. The van der Waals surface area contributed by atoms with Crippen LogP contribution in [0, 0.1) is 13.8 Å². The molecule has 4 heterocycles. The molecule has 5 nitrogen and oxygen atoms in total. The molecule has 0 saturated heterocycles. The lowest BCUT2D eigenvalue weighted by Crippen LogP contribution is -2.25. The quantitative estimate of drug-likeness (QED) is 0.422. The average Bonchev–Trinajstić information content (AvgIpc) is 3.55. The van der Waals surface area contributed by atoms with Crippen LogP contribution >= 0.6 is 23.1 Å². The van der Waals surface area contributed by atoms with E-state index in [-0.39, 0.29) is 17.3 Å². The van der Waals surface area contributed by atoms with Crippen molar-refractivity contribution in [1.29, 1.82) is 0 Å². The fourth-order valence-electron chi connectivity index (χ4n) is 5.30. The fraction of sp³-hybridized carbons (Fsp3) is 0.321. The first-order valence-corrected chi connectivity index (χ1v) is 13.7. The van der Waals surface area contributed by atoms with Crippen molar-refractivity contribution >= 4 is 45.7 Å². The fourth-order valence-corrected chi connectivity index (χ4v) is 7.55. The van der Waals surface area contributed by atoms with Gasteiger partial charge in [-0.15, -0.1) is 23.1 Å². The van der Waals surface area contributed by atoms with Crippen molar-refractivity contribution in [2.45, 2.75) is 50.8 Å². The summed E-state index contributed by atoms with van der Waals surface area (Å²) < 4.78 is 4.99. The monoisotopic (exact) mass is 501 g/mol. The van der Waals surface area contributed by atoms with Crippen LogP contribution in [0.5, 0.6) is 0 Å². The summed E-state index contributed by atoms with van der Waals surface area (Å²) in [4.78, 5) is 23.5. The molecular weight excluding hydrogens is 474 g/mol. The number of methoxy groups -OCH3 is 1. The Labute approximate surface area is 213 Å². The lowest BCUT2D eigenvalue weighted by molar-refractivity contribution is -0.135. The maximum atomic E-state index is 12.2. The number of nitrogens with one attached hydrogen (secondary N) is 1. The van der Waals surface area contributed by atoms with Crippen molar-refractivity contribution in [2.24, 2.45) is 0 Å². The maximum Gasteiger partial charge on any atom is 0.344 e. The first-order chi connectivity index (χ1) is 17.0. The minimum atomic E-state index is -0.247. The lowest BCUT2D eigenvalue weighted by atomic mass is 9.89. The molecule has 3 aliphatic rings. The smallest absolute Gasteiger partial charge is 0.344 e. The first-order valence-electron chi connectivity index (χ1n) is 12.0. The zero-order chi connectivity index (χ0) is 24.1. The number of thiazole rings is 1. The Morgan fingerprint density at radius 3 is 2.77 bits per heavy atom. The molecule has 1 N–H and O–H groups in total. The molecule has 0 saturated carbocycles. The summed E-state index contributed by atoms with van der Waals surface area (Å²) in [6, 6.07) is 10.9. The SMILES string of the molecule is COC(=O)C1=CC2NC(c3ccc4nc(-c5sc(C)nc5C)ccc4c3)=C(C3=CCCCC3)C2S1. The summed E-state index contributed by atoms with van der Waals surface area (Å²) >= 11 is 3.32. The highest BCUT2D eigenvalue weighted by Crippen LogP contribution is 2.48. The molecule has 2 atom stereocenters. The molecule has 1 aromatic carbocycles. The highest BCUT2D eigenvalue weighted by atomic mass is 32.2. The molecule has 178 valence electrons. The molecule has 0 radical (unpaired) electrons. The summed E-state index contributed by atoms with van der Waals surface area (Å²) in [5, 5.41) is 6.12. The van der Waals surface area contributed by atoms with Gasteiger partial charge in [-0.1, -0.05) is 18.2 Å². The van der Waals surface area contributed by atoms with Crippen molar-refractivity contribution in [3.8, 4) is 10.6 Å². The van der Waals surface area contributed by atoms with E-state index in [1.54, 1.807) is 23.1 Å². The van der Waals surface area contributed by atoms with E-state index in [2.05, 4.69) is 46.7 Å². The van der Waals surface area contributed by atoms with E-state index in [0.717, 1.165) is 45.0 Å². The Bertz CT molecular complexity index is 1450. The van der Waals surface area contributed by atoms with Gasteiger partial charge in [0.15, 0.2) is 0 Å². The van der Waals surface area contributed by atoms with Gasteiger partial charge in [-0.25, -0.2) is 14.8 Å². The Morgan fingerprint density at radius 1 is 1.14 bits per heavy atom. The van der Waals surface area contributed by atoms with Crippen molar-refractivity contribution in [3.63, 3.8) is 0 Å². The molecule has 1 aliphatic carbocycles. The number of fused-ring (bicyclic) bond motifs is 2. The number of hydrogen-bond acceptors (Lipinski definition) is 7. The van der Waals surface area contributed by atoms with E-state index in [0.29, 0.717) is 4.91 Å². The van der Waals surface area contributed by atoms with Gasteiger partial charge in [0.25, 0.3) is 0 Å². The predicted octanol–water partition coefficient (Wildman–Crippen LogP) is 6.33. The number of carbonyl (C=O) groups is 1. The van der Waals surface area contributed by atoms with Crippen LogP contribution in [0.2, 0.25) is 0 Å². The number of aryl methyl sites for hydroxylation is 2. The van der Waals surface area contributed by atoms with E-state index in [4.69, 9.17) is 9.72 Å². The Kier molecular flexibility index (Phi) is 5.77. The van der Waals surface area contributed by atoms with Crippen LogP contribution in [0.25, 0.3) is 27.2 Å². The third kappa shape index (κ3) is 4.00. The molecule has 0 bridgehead atoms. The number of rotatable bonds is 4. The van der Waals surface area contributed by atoms with E-state index < -0.39 is 0 Å². The normalized spacial score (nSPS) is 21.6. The predicted molar refractivity (Wildman–Crippen MR) is 144 cm³/mol. The second-order valence-electron chi connectivity index (χ2n) is 9.25. The molecule has 0 amide bonds. The van der Waals surface area contributed by atoms with Gasteiger partial charge >= 0.3 is 5.97 Å². The molecule has 3 aromatic rings. The summed E-state index contributed by atoms with van der Waals surface area (Å²) in [7, 11) is 1.45. The number of pyridine rings is 1. The minimum Gasteiger partial charge on any atom is -0.465 e. The molecule has 2 unspecified atom stereocenters. The van der Waals surface area contributed by atoms with Crippen LogP contribution in [0.3, 0.4) is 0 Å². The van der Waals surface area contributed by atoms with Gasteiger partial charge < -0.3 is 10.1 Å². The van der Waals surface area contributed by atoms with Gasteiger partial charge in [0, 0.05) is 11.1 Å². The number of carbonyl (C=O) groups excluding carboxylic acids is 1. The van der Waals surface area contributed by atoms with Gasteiger partial charge in [0.1, 0.15) is 0 Å². The number of aromatic nitrogens is 2. The first kappa shape index (κ1) is 22.6. The molecule has 0 spiro atoms. The van der Waals surface area contributed by atoms with Crippen molar-refractivity contribution < 1.29 is 9.53 Å². The van der Waals surface area contributed by atoms with Crippen LogP contribution in [-0.2, 0) is 9.53 Å². The zero-order valence-corrected chi connectivity index (χ0v) is 21.7. The number of thioether (sulfide) groups is 1.